The first-order valence-corrected chi connectivity index (χ1v) is 7.77. The van der Waals surface area contributed by atoms with E-state index in [1.165, 1.54) is 12.1 Å². The molecule has 1 aromatic rings. The Hall–Kier alpha value is -1.62. The minimum absolute atomic E-state index is 0.121. The number of benzene rings is 1. The van der Waals surface area contributed by atoms with Gasteiger partial charge in [-0.05, 0) is 45.0 Å². The summed E-state index contributed by atoms with van der Waals surface area (Å²) in [7, 11) is 0. The van der Waals surface area contributed by atoms with Crippen LogP contribution in [0, 0.1) is 5.82 Å². The van der Waals surface area contributed by atoms with E-state index < -0.39 is 0 Å². The molecule has 22 heavy (non-hydrogen) atoms. The van der Waals surface area contributed by atoms with Crippen LogP contribution in [0.25, 0.3) is 0 Å². The maximum absolute atomic E-state index is 12.8. The van der Waals surface area contributed by atoms with Gasteiger partial charge in [0.2, 0.25) is 5.91 Å². The van der Waals surface area contributed by atoms with Gasteiger partial charge in [-0.25, -0.2) is 4.39 Å². The summed E-state index contributed by atoms with van der Waals surface area (Å²) in [5.74, 6) is 0.419. The van der Waals surface area contributed by atoms with E-state index in [4.69, 9.17) is 4.74 Å². The molecular weight excluding hydrogens is 283 g/mol. The molecule has 0 bridgehead atoms. The Morgan fingerprint density at radius 2 is 1.73 bits per heavy atom. The van der Waals surface area contributed by atoms with Crippen LogP contribution in [0.4, 0.5) is 4.39 Å². The molecule has 0 aliphatic carbocycles. The largest absolute Gasteiger partial charge is 0.493 e. The van der Waals surface area contributed by atoms with Crippen LogP contribution in [0.2, 0.25) is 0 Å². The number of ether oxygens (including phenoxy) is 1. The van der Waals surface area contributed by atoms with Gasteiger partial charge < -0.3 is 9.64 Å². The molecule has 1 aromatic carbocycles. The number of carbonyl (C=O) groups excluding carboxylic acids is 1. The minimum Gasteiger partial charge on any atom is -0.493 e. The molecule has 0 aromatic heterocycles. The lowest BCUT2D eigenvalue weighted by atomic mass is 10.0. The van der Waals surface area contributed by atoms with E-state index in [1.807, 2.05) is 4.90 Å². The summed E-state index contributed by atoms with van der Waals surface area (Å²) in [6.45, 7) is 10.3. The van der Waals surface area contributed by atoms with Crippen molar-refractivity contribution in [2.24, 2.45) is 0 Å². The van der Waals surface area contributed by atoms with Crippen LogP contribution in [0.15, 0.2) is 24.3 Å². The van der Waals surface area contributed by atoms with Crippen LogP contribution in [-0.4, -0.2) is 54.0 Å². The Balaban J connectivity index is 1.71. The highest BCUT2D eigenvalue weighted by molar-refractivity contribution is 5.76. The Bertz CT molecular complexity index is 488. The van der Waals surface area contributed by atoms with Gasteiger partial charge in [-0.1, -0.05) is 0 Å². The number of halogens is 1. The van der Waals surface area contributed by atoms with Crippen LogP contribution >= 0.6 is 0 Å². The second-order valence-corrected chi connectivity index (χ2v) is 6.59. The molecule has 4 nitrogen and oxygen atoms in total. The maximum atomic E-state index is 12.8. The van der Waals surface area contributed by atoms with Crippen LogP contribution in [0.3, 0.4) is 0 Å². The van der Waals surface area contributed by atoms with E-state index in [1.54, 1.807) is 12.1 Å². The summed E-state index contributed by atoms with van der Waals surface area (Å²) < 4.78 is 18.2. The zero-order chi connectivity index (χ0) is 16.2. The highest BCUT2D eigenvalue weighted by Crippen LogP contribution is 2.16. The fraction of sp³-hybridized carbons (Fsp3) is 0.588. The van der Waals surface area contributed by atoms with Crippen molar-refractivity contribution >= 4 is 5.91 Å². The standard InChI is InChI=1S/C17H25FN2O2/c1-17(2,3)20-11-9-19(10-12-20)16(21)8-13-22-15-6-4-14(18)5-7-15/h4-7H,8-13H2,1-3H3. The zero-order valence-electron chi connectivity index (χ0n) is 13.6. The number of nitrogens with zero attached hydrogens (tertiary/aromatic N) is 2. The lowest BCUT2D eigenvalue weighted by Gasteiger charge is -2.42. The highest BCUT2D eigenvalue weighted by atomic mass is 19.1. The fourth-order valence-corrected chi connectivity index (χ4v) is 2.57. The summed E-state index contributed by atoms with van der Waals surface area (Å²) in [4.78, 5) is 16.5. The van der Waals surface area contributed by atoms with Crippen LogP contribution < -0.4 is 4.74 Å². The van der Waals surface area contributed by atoms with E-state index in [2.05, 4.69) is 25.7 Å². The van der Waals surface area contributed by atoms with E-state index in [0.717, 1.165) is 26.2 Å². The van der Waals surface area contributed by atoms with Crippen molar-refractivity contribution in [3.05, 3.63) is 30.1 Å². The minimum atomic E-state index is -0.292. The summed E-state index contributed by atoms with van der Waals surface area (Å²) in [5.41, 5.74) is 0.154. The molecule has 0 saturated carbocycles. The van der Waals surface area contributed by atoms with Crippen molar-refractivity contribution < 1.29 is 13.9 Å². The summed E-state index contributed by atoms with van der Waals surface area (Å²) >= 11 is 0. The Morgan fingerprint density at radius 1 is 1.14 bits per heavy atom. The van der Waals surface area contributed by atoms with Gasteiger partial charge in [0.1, 0.15) is 11.6 Å². The maximum Gasteiger partial charge on any atom is 0.226 e. The molecule has 2 rings (SSSR count). The first kappa shape index (κ1) is 16.7. The molecule has 0 N–H and O–H groups in total. The molecule has 1 aliphatic heterocycles. The lowest BCUT2D eigenvalue weighted by Crippen LogP contribution is -2.54. The predicted molar refractivity (Wildman–Crippen MR) is 84.4 cm³/mol. The van der Waals surface area contributed by atoms with Crippen molar-refractivity contribution in [2.75, 3.05) is 32.8 Å². The molecule has 0 spiro atoms. The molecule has 0 radical (unpaired) electrons. The van der Waals surface area contributed by atoms with Crippen molar-refractivity contribution in [3.63, 3.8) is 0 Å². The lowest BCUT2D eigenvalue weighted by molar-refractivity contribution is -0.134. The van der Waals surface area contributed by atoms with Gasteiger partial charge in [0.05, 0.1) is 13.0 Å². The van der Waals surface area contributed by atoms with Crippen molar-refractivity contribution in [1.82, 2.24) is 9.80 Å². The van der Waals surface area contributed by atoms with Gasteiger partial charge in [-0.2, -0.15) is 0 Å². The molecular formula is C17H25FN2O2. The average molecular weight is 308 g/mol. The van der Waals surface area contributed by atoms with Crippen molar-refractivity contribution in [3.8, 4) is 5.75 Å². The van der Waals surface area contributed by atoms with Gasteiger partial charge in [0.15, 0.2) is 0 Å². The average Bonchev–Trinajstić information content (AvgIpc) is 2.48. The Labute approximate surface area is 131 Å². The zero-order valence-corrected chi connectivity index (χ0v) is 13.6. The number of hydrogen-bond donors (Lipinski definition) is 0. The van der Waals surface area contributed by atoms with E-state index in [0.29, 0.717) is 18.8 Å². The first-order valence-electron chi connectivity index (χ1n) is 7.77. The van der Waals surface area contributed by atoms with Gasteiger partial charge in [-0.15, -0.1) is 0 Å². The fourth-order valence-electron chi connectivity index (χ4n) is 2.57. The molecule has 1 heterocycles. The molecule has 0 atom stereocenters. The predicted octanol–water partition coefficient (Wildman–Crippen LogP) is 2.54. The number of piperazine rings is 1. The van der Waals surface area contributed by atoms with Gasteiger partial charge >= 0.3 is 0 Å². The van der Waals surface area contributed by atoms with Gasteiger partial charge in [0.25, 0.3) is 0 Å². The van der Waals surface area contributed by atoms with Crippen LogP contribution in [0.5, 0.6) is 5.75 Å². The smallest absolute Gasteiger partial charge is 0.226 e. The normalized spacial score (nSPS) is 16.6. The third kappa shape index (κ3) is 4.70. The summed E-state index contributed by atoms with van der Waals surface area (Å²) in [6, 6.07) is 5.84. The van der Waals surface area contributed by atoms with Gasteiger partial charge in [0, 0.05) is 31.7 Å². The third-order valence-corrected chi connectivity index (χ3v) is 3.98. The van der Waals surface area contributed by atoms with Gasteiger partial charge in [-0.3, -0.25) is 9.69 Å². The second-order valence-electron chi connectivity index (χ2n) is 6.59. The van der Waals surface area contributed by atoms with Crippen LogP contribution in [0.1, 0.15) is 27.2 Å². The molecule has 1 aliphatic rings. The Morgan fingerprint density at radius 3 is 2.27 bits per heavy atom. The van der Waals surface area contributed by atoms with E-state index in [-0.39, 0.29) is 17.3 Å². The first-order chi connectivity index (χ1) is 10.4. The Kier molecular flexibility index (Phi) is 5.40. The highest BCUT2D eigenvalue weighted by Gasteiger charge is 2.27. The van der Waals surface area contributed by atoms with E-state index in [9.17, 15) is 9.18 Å². The third-order valence-electron chi connectivity index (χ3n) is 3.98. The molecule has 0 unspecified atom stereocenters. The summed E-state index contributed by atoms with van der Waals surface area (Å²) in [6.07, 6.45) is 0.354. The quantitative estimate of drug-likeness (QED) is 0.857. The van der Waals surface area contributed by atoms with Crippen molar-refractivity contribution in [2.45, 2.75) is 32.7 Å². The number of carbonyl (C=O) groups is 1. The number of amides is 1. The molecule has 1 saturated heterocycles. The summed E-state index contributed by atoms with van der Waals surface area (Å²) in [5, 5.41) is 0. The monoisotopic (exact) mass is 308 g/mol. The SMILES string of the molecule is CC(C)(C)N1CCN(C(=O)CCOc2ccc(F)cc2)CC1. The number of hydrogen-bond acceptors (Lipinski definition) is 3. The van der Waals surface area contributed by atoms with Crippen LogP contribution in [-0.2, 0) is 4.79 Å². The number of rotatable bonds is 4. The molecule has 1 fully saturated rings. The molecule has 5 heteroatoms. The topological polar surface area (TPSA) is 32.8 Å². The van der Waals surface area contributed by atoms with Crippen molar-refractivity contribution in [1.29, 1.82) is 0 Å². The molecule has 122 valence electrons. The molecule has 1 amide bonds. The van der Waals surface area contributed by atoms with E-state index >= 15 is 0 Å². The second kappa shape index (κ2) is 7.09.